The number of anilines is 1. The molecule has 6 nitrogen and oxygen atoms in total. The molecule has 3 rings (SSSR count). The predicted octanol–water partition coefficient (Wildman–Crippen LogP) is 4.08. The number of carbonyl (C=O) groups excluding carboxylic acids is 3. The Bertz CT molecular complexity index is 861. The van der Waals surface area contributed by atoms with E-state index in [4.69, 9.17) is 4.74 Å². The number of rotatable bonds is 5. The average Bonchev–Trinajstić information content (AvgIpc) is 2.83. The Labute approximate surface area is 168 Å². The van der Waals surface area contributed by atoms with E-state index in [2.05, 4.69) is 10.6 Å². The number of aryl methyl sites for hydroxylation is 1. The van der Waals surface area contributed by atoms with E-state index in [0.717, 1.165) is 48.1 Å². The van der Waals surface area contributed by atoms with Crippen LogP contribution in [-0.2, 0) is 28.8 Å². The van der Waals surface area contributed by atoms with Gasteiger partial charge in [0.2, 0.25) is 5.91 Å². The van der Waals surface area contributed by atoms with E-state index in [1.165, 1.54) is 11.3 Å². The second kappa shape index (κ2) is 9.50. The molecule has 28 heavy (non-hydrogen) atoms. The maximum Gasteiger partial charge on any atom is 0.414 e. The van der Waals surface area contributed by atoms with Gasteiger partial charge >= 0.3 is 6.09 Å². The number of imide groups is 1. The number of carbonyl (C=O) groups is 3. The van der Waals surface area contributed by atoms with Gasteiger partial charge in [0.05, 0.1) is 18.6 Å². The Morgan fingerprint density at radius 3 is 2.57 bits per heavy atom. The molecule has 0 aliphatic heterocycles. The fourth-order valence-electron chi connectivity index (χ4n) is 3.35. The predicted molar refractivity (Wildman–Crippen MR) is 109 cm³/mol. The van der Waals surface area contributed by atoms with Gasteiger partial charge in [-0.1, -0.05) is 36.8 Å². The minimum Gasteiger partial charge on any atom is -0.450 e. The van der Waals surface area contributed by atoms with Crippen molar-refractivity contribution in [3.05, 3.63) is 51.9 Å². The van der Waals surface area contributed by atoms with Crippen molar-refractivity contribution >= 4 is 34.2 Å². The van der Waals surface area contributed by atoms with E-state index in [1.807, 2.05) is 30.3 Å². The standard InChI is InChI=1S/C21H24N2O4S/c1-2-27-21(26)23-19(25)18-15-11-7-4-8-12-16(15)28-20(18)22-17(24)13-14-9-5-3-6-10-14/h3,5-6,9-10H,2,4,7-8,11-13H2,1H3,(H,22,24)(H,23,25,26). The number of alkyl carbamates (subject to hydrolysis) is 1. The molecule has 0 atom stereocenters. The van der Waals surface area contributed by atoms with Crippen molar-refractivity contribution in [1.29, 1.82) is 0 Å². The summed E-state index contributed by atoms with van der Waals surface area (Å²) in [6, 6.07) is 9.44. The number of thiophene rings is 1. The van der Waals surface area contributed by atoms with Crippen molar-refractivity contribution in [3.8, 4) is 0 Å². The van der Waals surface area contributed by atoms with Crippen molar-refractivity contribution in [2.24, 2.45) is 0 Å². The number of fused-ring (bicyclic) bond motifs is 1. The highest BCUT2D eigenvalue weighted by Crippen LogP contribution is 2.37. The lowest BCUT2D eigenvalue weighted by atomic mass is 10.0. The molecule has 0 spiro atoms. The van der Waals surface area contributed by atoms with Crippen LogP contribution in [0.4, 0.5) is 9.80 Å². The van der Waals surface area contributed by atoms with Crippen LogP contribution in [0.2, 0.25) is 0 Å². The molecule has 7 heteroatoms. The van der Waals surface area contributed by atoms with Gasteiger partial charge in [-0.3, -0.25) is 14.9 Å². The van der Waals surface area contributed by atoms with Gasteiger partial charge in [-0.05, 0) is 43.7 Å². The molecule has 1 heterocycles. The molecule has 2 N–H and O–H groups in total. The first-order chi connectivity index (χ1) is 13.6. The Kier molecular flexibility index (Phi) is 6.81. The number of ether oxygens (including phenoxy) is 1. The van der Waals surface area contributed by atoms with Crippen LogP contribution in [0.3, 0.4) is 0 Å². The lowest BCUT2D eigenvalue weighted by Crippen LogP contribution is -2.32. The van der Waals surface area contributed by atoms with E-state index < -0.39 is 12.0 Å². The van der Waals surface area contributed by atoms with Gasteiger partial charge in [-0.2, -0.15) is 0 Å². The van der Waals surface area contributed by atoms with Crippen LogP contribution in [0.5, 0.6) is 0 Å². The SMILES string of the molecule is CCOC(=O)NC(=O)c1c(NC(=O)Cc2ccccc2)sc2c1CCCCC2. The molecule has 0 radical (unpaired) electrons. The summed E-state index contributed by atoms with van der Waals surface area (Å²) in [7, 11) is 0. The Morgan fingerprint density at radius 1 is 1.07 bits per heavy atom. The van der Waals surface area contributed by atoms with Crippen LogP contribution in [0.25, 0.3) is 0 Å². The fraction of sp³-hybridized carbons (Fsp3) is 0.381. The van der Waals surface area contributed by atoms with Gasteiger partial charge in [-0.25, -0.2) is 4.79 Å². The Morgan fingerprint density at radius 2 is 1.82 bits per heavy atom. The number of amides is 3. The van der Waals surface area contributed by atoms with Crippen LogP contribution in [0, 0.1) is 0 Å². The van der Waals surface area contributed by atoms with Crippen molar-refractivity contribution < 1.29 is 19.1 Å². The van der Waals surface area contributed by atoms with E-state index in [0.29, 0.717) is 10.6 Å². The van der Waals surface area contributed by atoms with Crippen molar-refractivity contribution in [2.45, 2.75) is 45.4 Å². The van der Waals surface area contributed by atoms with Crippen LogP contribution in [0.1, 0.15) is 52.5 Å². The second-order valence-electron chi connectivity index (χ2n) is 6.65. The Hall–Kier alpha value is -2.67. The number of benzene rings is 1. The van der Waals surface area contributed by atoms with Gasteiger partial charge in [-0.15, -0.1) is 11.3 Å². The van der Waals surface area contributed by atoms with Gasteiger partial charge in [0.15, 0.2) is 0 Å². The molecule has 2 aromatic rings. The molecule has 0 fully saturated rings. The zero-order chi connectivity index (χ0) is 19.9. The lowest BCUT2D eigenvalue weighted by molar-refractivity contribution is -0.115. The highest BCUT2D eigenvalue weighted by atomic mass is 32.1. The summed E-state index contributed by atoms with van der Waals surface area (Å²) in [5.74, 6) is -0.708. The molecular weight excluding hydrogens is 376 g/mol. The molecule has 3 amide bonds. The number of nitrogens with one attached hydrogen (secondary N) is 2. The average molecular weight is 401 g/mol. The fourth-order valence-corrected chi connectivity index (χ4v) is 4.65. The molecule has 1 aromatic heterocycles. The summed E-state index contributed by atoms with van der Waals surface area (Å²) >= 11 is 1.44. The van der Waals surface area contributed by atoms with Gasteiger partial charge < -0.3 is 10.1 Å². The first-order valence-electron chi connectivity index (χ1n) is 9.55. The zero-order valence-electron chi connectivity index (χ0n) is 15.9. The van der Waals surface area contributed by atoms with E-state index in [-0.39, 0.29) is 18.9 Å². The summed E-state index contributed by atoms with van der Waals surface area (Å²) in [5, 5.41) is 5.67. The monoisotopic (exact) mass is 400 g/mol. The van der Waals surface area contributed by atoms with Crippen molar-refractivity contribution in [2.75, 3.05) is 11.9 Å². The summed E-state index contributed by atoms with van der Waals surface area (Å²) in [6.07, 6.45) is 4.26. The minimum absolute atomic E-state index is 0.182. The van der Waals surface area contributed by atoms with Crippen molar-refractivity contribution in [1.82, 2.24) is 5.32 Å². The molecule has 0 saturated carbocycles. The molecule has 1 aliphatic rings. The molecule has 1 aromatic carbocycles. The molecular formula is C21H24N2O4S. The Balaban J connectivity index is 1.84. The molecule has 0 saturated heterocycles. The second-order valence-corrected chi connectivity index (χ2v) is 7.76. The molecule has 0 bridgehead atoms. The smallest absolute Gasteiger partial charge is 0.414 e. The first kappa shape index (κ1) is 20.1. The third-order valence-corrected chi connectivity index (χ3v) is 5.81. The summed E-state index contributed by atoms with van der Waals surface area (Å²) < 4.78 is 4.82. The highest BCUT2D eigenvalue weighted by molar-refractivity contribution is 7.17. The number of hydrogen-bond donors (Lipinski definition) is 2. The summed E-state index contributed by atoms with van der Waals surface area (Å²) in [5.41, 5.74) is 2.24. The minimum atomic E-state index is -0.775. The van der Waals surface area contributed by atoms with E-state index >= 15 is 0 Å². The largest absolute Gasteiger partial charge is 0.450 e. The van der Waals surface area contributed by atoms with Crippen LogP contribution < -0.4 is 10.6 Å². The lowest BCUT2D eigenvalue weighted by Gasteiger charge is -2.09. The molecule has 148 valence electrons. The number of hydrogen-bond acceptors (Lipinski definition) is 5. The van der Waals surface area contributed by atoms with Gasteiger partial charge in [0, 0.05) is 4.88 Å². The maximum absolute atomic E-state index is 12.8. The van der Waals surface area contributed by atoms with Crippen LogP contribution in [-0.4, -0.2) is 24.5 Å². The third-order valence-electron chi connectivity index (χ3n) is 4.60. The molecule has 0 unspecified atom stereocenters. The zero-order valence-corrected chi connectivity index (χ0v) is 16.7. The highest BCUT2D eigenvalue weighted by Gasteiger charge is 2.27. The summed E-state index contributed by atoms with van der Waals surface area (Å²) in [4.78, 5) is 38.1. The first-order valence-corrected chi connectivity index (χ1v) is 10.4. The van der Waals surface area contributed by atoms with Crippen LogP contribution in [0.15, 0.2) is 30.3 Å². The van der Waals surface area contributed by atoms with Crippen molar-refractivity contribution in [3.63, 3.8) is 0 Å². The molecule has 1 aliphatic carbocycles. The topological polar surface area (TPSA) is 84.5 Å². The van der Waals surface area contributed by atoms with Gasteiger partial charge in [0.1, 0.15) is 5.00 Å². The van der Waals surface area contributed by atoms with E-state index in [1.54, 1.807) is 6.92 Å². The quantitative estimate of drug-likeness (QED) is 0.741. The van der Waals surface area contributed by atoms with E-state index in [9.17, 15) is 14.4 Å². The summed E-state index contributed by atoms with van der Waals surface area (Å²) in [6.45, 7) is 1.86. The van der Waals surface area contributed by atoms with Gasteiger partial charge in [0.25, 0.3) is 5.91 Å². The normalized spacial score (nSPS) is 13.2. The van der Waals surface area contributed by atoms with Crippen LogP contribution >= 0.6 is 11.3 Å². The maximum atomic E-state index is 12.8. The third kappa shape index (κ3) is 4.98.